The first-order valence-corrected chi connectivity index (χ1v) is 6.42. The molecular weight excluding hydrogens is 294 g/mol. The topological polar surface area (TPSA) is 98.3 Å². The predicted molar refractivity (Wildman–Crippen MR) is 80.4 cm³/mol. The Morgan fingerprint density at radius 3 is 2.67 bits per heavy atom. The molecular formula is C14H12ClN3O3. The number of benzene rings is 2. The van der Waals surface area contributed by atoms with E-state index >= 15 is 0 Å². The van der Waals surface area contributed by atoms with Crippen molar-refractivity contribution in [1.29, 1.82) is 0 Å². The number of hydrogen-bond acceptors (Lipinski definition) is 4. The van der Waals surface area contributed by atoms with E-state index in [-0.39, 0.29) is 16.9 Å². The van der Waals surface area contributed by atoms with Gasteiger partial charge in [-0.15, -0.1) is 0 Å². The van der Waals surface area contributed by atoms with Gasteiger partial charge in [0.2, 0.25) is 5.91 Å². The number of carbonyl (C=O) groups excluding carboxylic acids is 1. The van der Waals surface area contributed by atoms with E-state index in [0.29, 0.717) is 11.6 Å². The monoisotopic (exact) mass is 305 g/mol. The molecule has 0 unspecified atom stereocenters. The van der Waals surface area contributed by atoms with E-state index in [1.54, 1.807) is 18.2 Å². The van der Waals surface area contributed by atoms with Crippen LogP contribution in [0.3, 0.4) is 0 Å². The lowest BCUT2D eigenvalue weighted by atomic mass is 10.1. The van der Waals surface area contributed by atoms with Crippen LogP contribution >= 0.6 is 11.6 Å². The molecule has 21 heavy (non-hydrogen) atoms. The van der Waals surface area contributed by atoms with Crippen LogP contribution in [0.2, 0.25) is 5.02 Å². The summed E-state index contributed by atoms with van der Waals surface area (Å²) in [5, 5.41) is 14.5. The maximum atomic E-state index is 11.2. The third-order valence-electron chi connectivity index (χ3n) is 2.85. The number of nitro benzene ring substituents is 1. The van der Waals surface area contributed by atoms with Gasteiger partial charge in [-0.3, -0.25) is 14.9 Å². The molecule has 2 aromatic carbocycles. The predicted octanol–water partition coefficient (Wildman–Crippen LogP) is 2.96. The quantitative estimate of drug-likeness (QED) is 0.655. The molecule has 0 aliphatic carbocycles. The van der Waals surface area contributed by atoms with Crippen LogP contribution in [0.15, 0.2) is 42.5 Å². The molecule has 7 heteroatoms. The van der Waals surface area contributed by atoms with Crippen LogP contribution in [0.4, 0.5) is 11.4 Å². The largest absolute Gasteiger partial charge is 0.375 e. The van der Waals surface area contributed by atoms with Crippen molar-refractivity contribution < 1.29 is 9.72 Å². The third-order valence-corrected chi connectivity index (χ3v) is 3.08. The highest BCUT2D eigenvalue weighted by atomic mass is 35.5. The molecule has 0 saturated carbocycles. The van der Waals surface area contributed by atoms with E-state index in [0.717, 1.165) is 5.56 Å². The number of nitro groups is 1. The second-order valence-electron chi connectivity index (χ2n) is 4.34. The second kappa shape index (κ2) is 6.23. The summed E-state index contributed by atoms with van der Waals surface area (Å²) in [7, 11) is 0. The zero-order valence-corrected chi connectivity index (χ0v) is 11.6. The molecule has 3 N–H and O–H groups in total. The van der Waals surface area contributed by atoms with Gasteiger partial charge in [-0.1, -0.05) is 23.7 Å². The summed E-state index contributed by atoms with van der Waals surface area (Å²) in [6.45, 7) is 0.337. The summed E-state index contributed by atoms with van der Waals surface area (Å²) < 4.78 is 0. The summed E-state index contributed by atoms with van der Waals surface area (Å²) in [5.41, 5.74) is 6.36. The SMILES string of the molecule is NC(=O)c1ccc([N+](=O)[O-])c(NCc2cccc(Cl)c2)c1. The summed E-state index contributed by atoms with van der Waals surface area (Å²) in [6.07, 6.45) is 0. The van der Waals surface area contributed by atoms with E-state index in [9.17, 15) is 14.9 Å². The number of halogens is 1. The van der Waals surface area contributed by atoms with Crippen molar-refractivity contribution in [2.45, 2.75) is 6.54 Å². The fourth-order valence-corrected chi connectivity index (χ4v) is 2.05. The van der Waals surface area contributed by atoms with Gasteiger partial charge in [-0.25, -0.2) is 0 Å². The Labute approximate surface area is 125 Å². The van der Waals surface area contributed by atoms with E-state index in [2.05, 4.69) is 5.32 Å². The van der Waals surface area contributed by atoms with Crippen molar-refractivity contribution in [2.75, 3.05) is 5.32 Å². The molecule has 108 valence electrons. The molecule has 1 amide bonds. The lowest BCUT2D eigenvalue weighted by Crippen LogP contribution is -2.12. The molecule has 0 aliphatic heterocycles. The second-order valence-corrected chi connectivity index (χ2v) is 4.77. The van der Waals surface area contributed by atoms with Crippen LogP contribution in [0.1, 0.15) is 15.9 Å². The van der Waals surface area contributed by atoms with Gasteiger partial charge >= 0.3 is 0 Å². The van der Waals surface area contributed by atoms with E-state index in [1.165, 1.54) is 18.2 Å². The van der Waals surface area contributed by atoms with Gasteiger partial charge in [0.1, 0.15) is 5.69 Å². The van der Waals surface area contributed by atoms with E-state index in [4.69, 9.17) is 17.3 Å². The number of nitrogens with zero attached hydrogens (tertiary/aromatic N) is 1. The number of amides is 1. The first kappa shape index (κ1) is 14.8. The molecule has 0 atom stereocenters. The Hall–Kier alpha value is -2.60. The molecule has 0 radical (unpaired) electrons. The minimum atomic E-state index is -0.643. The zero-order valence-electron chi connectivity index (χ0n) is 10.9. The molecule has 0 spiro atoms. The van der Waals surface area contributed by atoms with Crippen molar-refractivity contribution in [1.82, 2.24) is 0 Å². The Bertz CT molecular complexity index is 704. The summed E-state index contributed by atoms with van der Waals surface area (Å²) in [4.78, 5) is 21.6. The van der Waals surface area contributed by atoms with Crippen molar-refractivity contribution >= 4 is 28.9 Å². The van der Waals surface area contributed by atoms with Crippen molar-refractivity contribution in [3.8, 4) is 0 Å². The Morgan fingerprint density at radius 2 is 2.05 bits per heavy atom. The molecule has 2 aromatic rings. The molecule has 0 saturated heterocycles. The minimum absolute atomic E-state index is 0.123. The molecule has 0 aromatic heterocycles. The van der Waals surface area contributed by atoms with Crippen LogP contribution in [0.25, 0.3) is 0 Å². The van der Waals surface area contributed by atoms with Gasteiger partial charge in [0.05, 0.1) is 4.92 Å². The molecule has 0 aliphatic rings. The first-order chi connectivity index (χ1) is 9.97. The third kappa shape index (κ3) is 3.70. The van der Waals surface area contributed by atoms with Crippen LogP contribution < -0.4 is 11.1 Å². The number of primary amides is 1. The first-order valence-electron chi connectivity index (χ1n) is 6.04. The van der Waals surface area contributed by atoms with Crippen molar-refractivity contribution in [2.24, 2.45) is 5.73 Å². The standard InChI is InChI=1S/C14H12ClN3O3/c15-11-3-1-2-9(6-11)8-17-12-7-10(14(16)19)4-5-13(12)18(20)21/h1-7,17H,8H2,(H2,16,19). The van der Waals surface area contributed by atoms with Crippen LogP contribution in [-0.4, -0.2) is 10.8 Å². The smallest absolute Gasteiger partial charge is 0.292 e. The van der Waals surface area contributed by atoms with Gasteiger partial charge < -0.3 is 11.1 Å². The van der Waals surface area contributed by atoms with Gasteiger partial charge in [-0.05, 0) is 29.8 Å². The highest BCUT2D eigenvalue weighted by Crippen LogP contribution is 2.26. The maximum Gasteiger partial charge on any atom is 0.292 e. The number of rotatable bonds is 5. The molecule has 6 nitrogen and oxygen atoms in total. The number of hydrogen-bond donors (Lipinski definition) is 2. The highest BCUT2D eigenvalue weighted by Gasteiger charge is 2.15. The van der Waals surface area contributed by atoms with E-state index in [1.807, 2.05) is 6.07 Å². The Kier molecular flexibility index (Phi) is 4.39. The number of nitrogens with one attached hydrogen (secondary N) is 1. The molecule has 2 rings (SSSR count). The zero-order chi connectivity index (χ0) is 15.4. The summed E-state index contributed by atoms with van der Waals surface area (Å²) in [6, 6.07) is 11.0. The number of nitrogens with two attached hydrogens (primary N) is 1. The van der Waals surface area contributed by atoms with Crippen LogP contribution in [0, 0.1) is 10.1 Å². The summed E-state index contributed by atoms with van der Waals surface area (Å²) >= 11 is 5.88. The lowest BCUT2D eigenvalue weighted by molar-refractivity contribution is -0.384. The minimum Gasteiger partial charge on any atom is -0.375 e. The van der Waals surface area contributed by atoms with E-state index < -0.39 is 10.8 Å². The number of anilines is 1. The van der Waals surface area contributed by atoms with Crippen LogP contribution in [-0.2, 0) is 6.54 Å². The van der Waals surface area contributed by atoms with Crippen molar-refractivity contribution in [3.63, 3.8) is 0 Å². The Balaban J connectivity index is 2.26. The fraction of sp³-hybridized carbons (Fsp3) is 0.0714. The fourth-order valence-electron chi connectivity index (χ4n) is 1.83. The maximum absolute atomic E-state index is 11.2. The molecule has 0 bridgehead atoms. The normalized spacial score (nSPS) is 10.1. The molecule has 0 heterocycles. The van der Waals surface area contributed by atoms with Gasteiger partial charge in [-0.2, -0.15) is 0 Å². The summed E-state index contributed by atoms with van der Waals surface area (Å²) in [5.74, 6) is -0.643. The van der Waals surface area contributed by atoms with Crippen molar-refractivity contribution in [3.05, 3.63) is 68.7 Å². The lowest BCUT2D eigenvalue weighted by Gasteiger charge is -2.08. The van der Waals surface area contributed by atoms with Gasteiger partial charge in [0, 0.05) is 23.2 Å². The molecule has 0 fully saturated rings. The Morgan fingerprint density at radius 1 is 1.29 bits per heavy atom. The average molecular weight is 306 g/mol. The average Bonchev–Trinajstić information content (AvgIpc) is 2.44. The van der Waals surface area contributed by atoms with Gasteiger partial charge in [0.15, 0.2) is 0 Å². The number of carbonyl (C=O) groups is 1. The highest BCUT2D eigenvalue weighted by molar-refractivity contribution is 6.30. The van der Waals surface area contributed by atoms with Crippen LogP contribution in [0.5, 0.6) is 0 Å². The van der Waals surface area contributed by atoms with Gasteiger partial charge in [0.25, 0.3) is 5.69 Å².